The van der Waals surface area contributed by atoms with Gasteiger partial charge >= 0.3 is 0 Å². The van der Waals surface area contributed by atoms with E-state index in [2.05, 4.69) is 0 Å². The fourth-order valence-electron chi connectivity index (χ4n) is 1.86. The minimum atomic E-state index is -1.82. The lowest BCUT2D eigenvalue weighted by atomic mass is 10.00. The number of fused-ring (bicyclic) bond motifs is 1. The summed E-state index contributed by atoms with van der Waals surface area (Å²) >= 11 is 0. The molecule has 2 aromatic carbocycles. The lowest BCUT2D eigenvalue weighted by Gasteiger charge is -2.10. The molecule has 0 aromatic heterocycles. The molecule has 19 heavy (non-hydrogen) atoms. The van der Waals surface area contributed by atoms with Crippen LogP contribution in [0.15, 0.2) is 12.1 Å². The van der Waals surface area contributed by atoms with Crippen molar-refractivity contribution in [2.24, 2.45) is 0 Å². The van der Waals surface area contributed by atoms with Crippen LogP contribution < -0.4 is 5.73 Å². The summed E-state index contributed by atoms with van der Waals surface area (Å²) in [6.07, 6.45) is 0.336. The maximum Gasteiger partial charge on any atom is 0.198 e. The molecule has 0 heterocycles. The largest absolute Gasteiger partial charge is 0.399 e. The molecule has 0 spiro atoms. The van der Waals surface area contributed by atoms with Crippen molar-refractivity contribution in [3.63, 3.8) is 0 Å². The van der Waals surface area contributed by atoms with Gasteiger partial charge in [-0.15, -0.1) is 0 Å². The van der Waals surface area contributed by atoms with Gasteiger partial charge in [-0.1, -0.05) is 20.8 Å². The standard InChI is InChI=1S/C12H9F4N.C2H6/c1-2-5-3-6(17)4-7-8(5)10(14)12(16)11(15)9(7)13;1-2/h3-4H,2,17H2,1H3;1-2H3. The number of hydrogen-bond acceptors (Lipinski definition) is 1. The zero-order valence-electron chi connectivity index (χ0n) is 11.0. The number of aryl methyl sites for hydroxylation is 1. The van der Waals surface area contributed by atoms with Crippen LogP contribution in [0.1, 0.15) is 26.3 Å². The van der Waals surface area contributed by atoms with Crippen LogP contribution in [0, 0.1) is 23.3 Å². The quantitative estimate of drug-likeness (QED) is 0.350. The highest BCUT2D eigenvalue weighted by Crippen LogP contribution is 2.31. The zero-order valence-corrected chi connectivity index (χ0v) is 11.0. The minimum Gasteiger partial charge on any atom is -0.399 e. The summed E-state index contributed by atoms with van der Waals surface area (Å²) in [5.74, 6) is -6.41. The molecule has 0 bridgehead atoms. The zero-order chi connectivity index (χ0) is 14.7. The average Bonchev–Trinajstić information content (AvgIpc) is 2.43. The Bertz CT molecular complexity index is 608. The van der Waals surface area contributed by atoms with E-state index in [1.807, 2.05) is 13.8 Å². The predicted octanol–water partition coefficient (Wildman–Crippen LogP) is 4.57. The molecule has 0 aliphatic carbocycles. The highest BCUT2D eigenvalue weighted by molar-refractivity contribution is 5.90. The monoisotopic (exact) mass is 273 g/mol. The molecule has 0 saturated heterocycles. The molecule has 0 fully saturated rings. The first-order chi connectivity index (χ1) is 8.97. The van der Waals surface area contributed by atoms with Gasteiger partial charge in [0.05, 0.1) is 0 Å². The van der Waals surface area contributed by atoms with Crippen molar-refractivity contribution < 1.29 is 17.6 Å². The Kier molecular flexibility index (Phi) is 4.75. The Morgan fingerprint density at radius 2 is 1.42 bits per heavy atom. The molecule has 0 amide bonds. The van der Waals surface area contributed by atoms with E-state index < -0.39 is 23.3 Å². The van der Waals surface area contributed by atoms with Crippen LogP contribution in [0.4, 0.5) is 23.2 Å². The average molecular weight is 273 g/mol. The summed E-state index contributed by atoms with van der Waals surface area (Å²) in [7, 11) is 0. The topological polar surface area (TPSA) is 26.0 Å². The van der Waals surface area contributed by atoms with Crippen molar-refractivity contribution in [1.82, 2.24) is 0 Å². The van der Waals surface area contributed by atoms with Gasteiger partial charge in [0.25, 0.3) is 0 Å². The molecule has 2 aromatic rings. The molecule has 0 radical (unpaired) electrons. The number of hydrogen-bond donors (Lipinski definition) is 1. The van der Waals surface area contributed by atoms with E-state index in [9.17, 15) is 17.6 Å². The highest BCUT2D eigenvalue weighted by Gasteiger charge is 2.22. The van der Waals surface area contributed by atoms with Crippen molar-refractivity contribution in [2.45, 2.75) is 27.2 Å². The number of nitrogen functional groups attached to an aromatic ring is 1. The lowest BCUT2D eigenvalue weighted by Crippen LogP contribution is -2.01. The van der Waals surface area contributed by atoms with Gasteiger partial charge in [-0.2, -0.15) is 0 Å². The maximum atomic E-state index is 13.6. The van der Waals surface area contributed by atoms with Gasteiger partial charge in [-0.3, -0.25) is 0 Å². The van der Waals surface area contributed by atoms with Gasteiger partial charge in [-0.05, 0) is 24.1 Å². The van der Waals surface area contributed by atoms with Crippen LogP contribution in [0.25, 0.3) is 10.8 Å². The summed E-state index contributed by atoms with van der Waals surface area (Å²) < 4.78 is 53.3. The van der Waals surface area contributed by atoms with Gasteiger partial charge in [0.2, 0.25) is 0 Å². The van der Waals surface area contributed by atoms with Crippen LogP contribution in [-0.4, -0.2) is 0 Å². The second-order valence-corrected chi connectivity index (χ2v) is 3.71. The fraction of sp³-hybridized carbons (Fsp3) is 0.286. The molecular formula is C14H15F4N. The molecule has 0 aliphatic heterocycles. The number of halogens is 4. The Balaban J connectivity index is 0.000000861. The first-order valence-corrected chi connectivity index (χ1v) is 6.01. The van der Waals surface area contributed by atoms with E-state index in [1.54, 1.807) is 6.92 Å². The van der Waals surface area contributed by atoms with Crippen molar-refractivity contribution in [3.8, 4) is 0 Å². The summed E-state index contributed by atoms with van der Waals surface area (Å²) in [6, 6.07) is 2.51. The van der Waals surface area contributed by atoms with Gasteiger partial charge in [0.15, 0.2) is 23.3 Å². The Labute approximate surface area is 109 Å². The van der Waals surface area contributed by atoms with Crippen molar-refractivity contribution in [3.05, 3.63) is 41.0 Å². The van der Waals surface area contributed by atoms with Crippen LogP contribution in [0.5, 0.6) is 0 Å². The number of benzene rings is 2. The third kappa shape index (κ3) is 2.50. The smallest absolute Gasteiger partial charge is 0.198 e. The van der Waals surface area contributed by atoms with Crippen molar-refractivity contribution >= 4 is 16.5 Å². The second kappa shape index (κ2) is 5.91. The molecular weight excluding hydrogens is 258 g/mol. The van der Waals surface area contributed by atoms with E-state index in [4.69, 9.17) is 5.73 Å². The van der Waals surface area contributed by atoms with E-state index >= 15 is 0 Å². The molecule has 0 aliphatic rings. The molecule has 0 unspecified atom stereocenters. The highest BCUT2D eigenvalue weighted by atomic mass is 19.2. The summed E-state index contributed by atoms with van der Waals surface area (Å²) in [4.78, 5) is 0. The number of rotatable bonds is 1. The number of anilines is 1. The third-order valence-electron chi connectivity index (χ3n) is 2.66. The normalized spacial score (nSPS) is 10.3. The second-order valence-electron chi connectivity index (χ2n) is 3.71. The Morgan fingerprint density at radius 1 is 0.895 bits per heavy atom. The van der Waals surface area contributed by atoms with Crippen LogP contribution in [0.3, 0.4) is 0 Å². The molecule has 5 heteroatoms. The van der Waals surface area contributed by atoms with Crippen molar-refractivity contribution in [1.29, 1.82) is 0 Å². The van der Waals surface area contributed by atoms with E-state index in [0.29, 0.717) is 12.0 Å². The first-order valence-electron chi connectivity index (χ1n) is 6.01. The first kappa shape index (κ1) is 15.3. The van der Waals surface area contributed by atoms with Crippen LogP contribution in [0.2, 0.25) is 0 Å². The molecule has 2 rings (SSSR count). The summed E-state index contributed by atoms with van der Waals surface area (Å²) in [5.41, 5.74) is 6.02. The van der Waals surface area contributed by atoms with E-state index in [-0.39, 0.29) is 16.5 Å². The lowest BCUT2D eigenvalue weighted by molar-refractivity contribution is 0.418. The van der Waals surface area contributed by atoms with Gasteiger partial charge in [-0.25, -0.2) is 17.6 Å². The third-order valence-corrected chi connectivity index (χ3v) is 2.66. The molecule has 104 valence electrons. The van der Waals surface area contributed by atoms with Gasteiger partial charge < -0.3 is 5.73 Å². The van der Waals surface area contributed by atoms with Gasteiger partial charge in [0.1, 0.15) is 0 Å². The SMILES string of the molecule is CC.CCc1cc(N)cc2c(F)c(F)c(F)c(F)c12. The molecule has 0 saturated carbocycles. The minimum absolute atomic E-state index is 0.179. The number of nitrogens with two attached hydrogens (primary N) is 1. The van der Waals surface area contributed by atoms with Crippen LogP contribution in [-0.2, 0) is 6.42 Å². The Morgan fingerprint density at radius 3 is 1.95 bits per heavy atom. The summed E-state index contributed by atoms with van der Waals surface area (Å²) in [5, 5.41) is -0.587. The fourth-order valence-corrected chi connectivity index (χ4v) is 1.86. The Hall–Kier alpha value is -1.78. The van der Waals surface area contributed by atoms with E-state index in [1.165, 1.54) is 6.07 Å². The van der Waals surface area contributed by atoms with Gasteiger partial charge in [0, 0.05) is 16.5 Å². The van der Waals surface area contributed by atoms with Crippen molar-refractivity contribution in [2.75, 3.05) is 5.73 Å². The predicted molar refractivity (Wildman–Crippen MR) is 68.9 cm³/mol. The van der Waals surface area contributed by atoms with E-state index in [0.717, 1.165) is 6.07 Å². The molecule has 1 nitrogen and oxygen atoms in total. The maximum absolute atomic E-state index is 13.6. The van der Waals surface area contributed by atoms with Crippen LogP contribution >= 0.6 is 0 Å². The summed E-state index contributed by atoms with van der Waals surface area (Å²) in [6.45, 7) is 5.69. The molecule has 0 atom stereocenters. The molecule has 2 N–H and O–H groups in total.